The van der Waals surface area contributed by atoms with Gasteiger partial charge in [0.05, 0.1) is 23.8 Å². The molecule has 1 aliphatic rings. The molecule has 4 heterocycles. The molecule has 0 aromatic carbocycles. The Labute approximate surface area is 140 Å². The minimum atomic E-state index is -0.305. The minimum absolute atomic E-state index is 0.144. The second kappa shape index (κ2) is 4.90. The first-order valence-corrected chi connectivity index (χ1v) is 8.14. The van der Waals surface area contributed by atoms with Crippen LogP contribution in [0.15, 0.2) is 11.0 Å². The first-order chi connectivity index (χ1) is 11.4. The number of fused-ring (bicyclic) bond motifs is 3. The highest BCUT2D eigenvalue weighted by Gasteiger charge is 2.30. The van der Waals surface area contributed by atoms with Gasteiger partial charge in [-0.1, -0.05) is 0 Å². The van der Waals surface area contributed by atoms with E-state index >= 15 is 0 Å². The Bertz CT molecular complexity index is 1070. The van der Waals surface area contributed by atoms with Crippen LogP contribution in [0.3, 0.4) is 0 Å². The summed E-state index contributed by atoms with van der Waals surface area (Å²) in [5, 5.41) is 13.6. The zero-order valence-corrected chi connectivity index (χ0v) is 13.9. The van der Waals surface area contributed by atoms with E-state index in [4.69, 9.17) is 15.7 Å². The number of anilines is 1. The Kier molecular flexibility index (Phi) is 3.03. The minimum Gasteiger partial charge on any atom is -0.382 e. The molecule has 0 fully saturated rings. The average Bonchev–Trinajstić information content (AvgIpc) is 3.06. The molecule has 0 bridgehead atoms. The summed E-state index contributed by atoms with van der Waals surface area (Å²) in [6.07, 6.45) is 2.00. The van der Waals surface area contributed by atoms with Gasteiger partial charge in [0, 0.05) is 11.3 Å². The zero-order chi connectivity index (χ0) is 17.1. The SMILES string of the molecule is CC1(C)Cc2c(sc3nc(-n4ncc(C#N)c4N)[nH]c(=O)c23)CO1. The lowest BCUT2D eigenvalue weighted by Crippen LogP contribution is -2.31. The Hall–Kier alpha value is -2.70. The predicted octanol–water partition coefficient (Wildman–Crippen LogP) is 1.48. The van der Waals surface area contributed by atoms with E-state index in [0.29, 0.717) is 23.2 Å². The Balaban J connectivity index is 1.92. The van der Waals surface area contributed by atoms with Gasteiger partial charge in [0.2, 0.25) is 5.95 Å². The van der Waals surface area contributed by atoms with Crippen LogP contribution in [0.4, 0.5) is 5.82 Å². The topological polar surface area (TPSA) is 123 Å². The average molecular weight is 342 g/mol. The summed E-state index contributed by atoms with van der Waals surface area (Å²) in [6, 6.07) is 1.94. The number of nitrogens with zero attached hydrogens (tertiary/aromatic N) is 4. The maximum Gasteiger partial charge on any atom is 0.261 e. The van der Waals surface area contributed by atoms with Crippen molar-refractivity contribution in [3.8, 4) is 12.0 Å². The molecule has 8 nitrogen and oxygen atoms in total. The van der Waals surface area contributed by atoms with E-state index in [9.17, 15) is 4.79 Å². The van der Waals surface area contributed by atoms with Gasteiger partial charge in [-0.05, 0) is 19.4 Å². The lowest BCUT2D eigenvalue weighted by Gasteiger charge is -2.29. The fraction of sp³-hybridized carbons (Fsp3) is 0.333. The molecule has 3 N–H and O–H groups in total. The molecule has 3 aromatic heterocycles. The van der Waals surface area contributed by atoms with Crippen molar-refractivity contribution in [2.45, 2.75) is 32.5 Å². The Morgan fingerprint density at radius 2 is 2.33 bits per heavy atom. The molecular formula is C15H14N6O2S. The third-order valence-corrected chi connectivity index (χ3v) is 5.16. The van der Waals surface area contributed by atoms with E-state index in [1.165, 1.54) is 22.2 Å². The van der Waals surface area contributed by atoms with Crippen molar-refractivity contribution in [1.82, 2.24) is 19.7 Å². The normalized spacial score (nSPS) is 16.0. The largest absolute Gasteiger partial charge is 0.382 e. The predicted molar refractivity (Wildman–Crippen MR) is 89.1 cm³/mol. The van der Waals surface area contributed by atoms with E-state index in [1.807, 2.05) is 19.9 Å². The number of nitrogens with one attached hydrogen (secondary N) is 1. The summed E-state index contributed by atoms with van der Waals surface area (Å²) < 4.78 is 7.07. The van der Waals surface area contributed by atoms with Gasteiger partial charge in [-0.3, -0.25) is 9.78 Å². The molecule has 0 atom stereocenters. The van der Waals surface area contributed by atoms with Crippen LogP contribution in [0.1, 0.15) is 29.9 Å². The van der Waals surface area contributed by atoms with Crippen LogP contribution in [-0.4, -0.2) is 25.3 Å². The van der Waals surface area contributed by atoms with Gasteiger partial charge >= 0.3 is 0 Å². The monoisotopic (exact) mass is 342 g/mol. The van der Waals surface area contributed by atoms with Crippen LogP contribution in [0.2, 0.25) is 0 Å². The highest BCUT2D eigenvalue weighted by Crippen LogP contribution is 2.36. The Morgan fingerprint density at radius 3 is 3.04 bits per heavy atom. The molecule has 0 radical (unpaired) electrons. The summed E-state index contributed by atoms with van der Waals surface area (Å²) in [5.74, 6) is 0.344. The van der Waals surface area contributed by atoms with Gasteiger partial charge < -0.3 is 10.5 Å². The van der Waals surface area contributed by atoms with E-state index in [2.05, 4.69) is 15.1 Å². The molecule has 4 rings (SSSR count). The van der Waals surface area contributed by atoms with Crippen LogP contribution >= 0.6 is 11.3 Å². The van der Waals surface area contributed by atoms with Crippen molar-refractivity contribution in [1.29, 1.82) is 5.26 Å². The number of rotatable bonds is 1. The standard InChI is InChI=1S/C15H14N6O2S/c1-15(2)3-8-9(6-23-15)24-13-10(8)12(22)19-14(20-13)21-11(17)7(4-16)5-18-21/h5H,3,6,17H2,1-2H3,(H,19,20,22). The number of hydrogen-bond acceptors (Lipinski definition) is 7. The highest BCUT2D eigenvalue weighted by atomic mass is 32.1. The lowest BCUT2D eigenvalue weighted by molar-refractivity contribution is -0.0379. The number of H-pyrrole nitrogens is 1. The number of ether oxygens (including phenoxy) is 1. The number of aromatic amines is 1. The number of nitrogens with two attached hydrogens (primary N) is 1. The first kappa shape index (κ1) is 14.9. The van der Waals surface area contributed by atoms with Gasteiger partial charge in [0.25, 0.3) is 5.56 Å². The zero-order valence-electron chi connectivity index (χ0n) is 13.1. The van der Waals surface area contributed by atoms with Crippen molar-refractivity contribution in [3.05, 3.63) is 32.6 Å². The van der Waals surface area contributed by atoms with Crippen LogP contribution < -0.4 is 11.3 Å². The second-order valence-electron chi connectivity index (χ2n) is 6.27. The number of thiophene rings is 1. The van der Waals surface area contributed by atoms with Crippen LogP contribution in [0, 0.1) is 11.3 Å². The van der Waals surface area contributed by atoms with E-state index in [1.54, 1.807) is 0 Å². The molecule has 0 saturated carbocycles. The molecule has 0 unspecified atom stereocenters. The van der Waals surface area contributed by atoms with Crippen molar-refractivity contribution in [3.63, 3.8) is 0 Å². The maximum absolute atomic E-state index is 12.6. The molecule has 122 valence electrons. The smallest absolute Gasteiger partial charge is 0.261 e. The molecule has 3 aromatic rings. The fourth-order valence-electron chi connectivity index (χ4n) is 2.85. The highest BCUT2D eigenvalue weighted by molar-refractivity contribution is 7.18. The fourth-order valence-corrected chi connectivity index (χ4v) is 3.95. The second-order valence-corrected chi connectivity index (χ2v) is 7.35. The van der Waals surface area contributed by atoms with E-state index < -0.39 is 0 Å². The number of hydrogen-bond donors (Lipinski definition) is 2. The first-order valence-electron chi connectivity index (χ1n) is 7.32. The van der Waals surface area contributed by atoms with Crippen molar-refractivity contribution in [2.24, 2.45) is 0 Å². The molecule has 0 amide bonds. The number of nitriles is 1. The number of aromatic nitrogens is 4. The van der Waals surface area contributed by atoms with Crippen molar-refractivity contribution >= 4 is 27.4 Å². The molecule has 24 heavy (non-hydrogen) atoms. The van der Waals surface area contributed by atoms with Crippen LogP contribution in [-0.2, 0) is 17.8 Å². The van der Waals surface area contributed by atoms with Gasteiger partial charge in [0.1, 0.15) is 22.3 Å². The summed E-state index contributed by atoms with van der Waals surface area (Å²) in [4.78, 5) is 21.5. The summed E-state index contributed by atoms with van der Waals surface area (Å²) >= 11 is 1.44. The molecule has 0 spiro atoms. The number of nitrogen functional groups attached to an aromatic ring is 1. The summed E-state index contributed by atoms with van der Waals surface area (Å²) in [6.45, 7) is 4.48. The lowest BCUT2D eigenvalue weighted by atomic mass is 9.94. The van der Waals surface area contributed by atoms with Gasteiger partial charge in [-0.15, -0.1) is 11.3 Å². The van der Waals surface area contributed by atoms with Crippen LogP contribution in [0.25, 0.3) is 16.2 Å². The quantitative estimate of drug-likeness (QED) is 0.690. The van der Waals surface area contributed by atoms with Crippen molar-refractivity contribution < 1.29 is 4.74 Å². The summed E-state index contributed by atoms with van der Waals surface area (Å²) in [7, 11) is 0. The van der Waals surface area contributed by atoms with Crippen molar-refractivity contribution in [2.75, 3.05) is 5.73 Å². The van der Waals surface area contributed by atoms with Gasteiger partial charge in [-0.2, -0.15) is 15.0 Å². The van der Waals surface area contributed by atoms with Gasteiger partial charge in [0.15, 0.2) is 0 Å². The molecule has 0 aliphatic carbocycles. The third-order valence-electron chi connectivity index (χ3n) is 4.06. The van der Waals surface area contributed by atoms with Crippen LogP contribution in [0.5, 0.6) is 0 Å². The van der Waals surface area contributed by atoms with E-state index in [0.717, 1.165) is 10.4 Å². The van der Waals surface area contributed by atoms with Gasteiger partial charge in [-0.25, -0.2) is 4.98 Å². The molecule has 9 heteroatoms. The summed E-state index contributed by atoms with van der Waals surface area (Å²) in [5.41, 5.74) is 6.56. The molecule has 0 saturated heterocycles. The Morgan fingerprint density at radius 1 is 1.54 bits per heavy atom. The molecule has 1 aliphatic heterocycles. The maximum atomic E-state index is 12.6. The third kappa shape index (κ3) is 2.11. The van der Waals surface area contributed by atoms with E-state index in [-0.39, 0.29) is 28.5 Å². The molecular weight excluding hydrogens is 328 g/mol.